The van der Waals surface area contributed by atoms with Crippen molar-refractivity contribution in [3.8, 4) is 0 Å². The van der Waals surface area contributed by atoms with Crippen LogP contribution in [0, 0.1) is 0 Å². The molecule has 1 aliphatic heterocycles. The van der Waals surface area contributed by atoms with Crippen molar-refractivity contribution >= 4 is 35.6 Å². The van der Waals surface area contributed by atoms with Crippen LogP contribution in [0.4, 0.5) is 0 Å². The molecule has 2 heterocycles. The second-order valence-electron chi connectivity index (χ2n) is 12.1. The predicted octanol–water partition coefficient (Wildman–Crippen LogP) is 6.14. The number of rotatable bonds is 22. The smallest absolute Gasteiger partial charge is 0.303 e. The first-order valence-corrected chi connectivity index (χ1v) is 18.1. The average Bonchev–Trinajstić information content (AvgIpc) is 3.00. The van der Waals surface area contributed by atoms with Crippen LogP contribution in [0.25, 0.3) is 0 Å². The number of aromatic amines is 1. The molecule has 48 heavy (non-hydrogen) atoms. The van der Waals surface area contributed by atoms with Gasteiger partial charge in [-0.05, 0) is 38.5 Å². The van der Waals surface area contributed by atoms with E-state index in [0.29, 0.717) is 12.1 Å². The molecule has 2 rings (SSSR count). The molecule has 1 fully saturated rings. The zero-order chi connectivity index (χ0) is 35.3. The molecular weight excluding hydrogens is 640 g/mol. The number of nitrogens with one attached hydrogen (secondary N) is 1. The average molecular weight is 695 g/mol. The second-order valence-corrected chi connectivity index (χ2v) is 13.1. The number of unbranched alkanes of at least 4 members (excludes halogenated alkanes) is 11. The van der Waals surface area contributed by atoms with Crippen molar-refractivity contribution in [2.75, 3.05) is 6.61 Å². The topological polar surface area (TPSA) is 160 Å². The van der Waals surface area contributed by atoms with Crippen LogP contribution in [0.5, 0.6) is 0 Å². The van der Waals surface area contributed by atoms with E-state index in [1.54, 1.807) is 0 Å². The number of ether oxygens (including phenoxy) is 5. The van der Waals surface area contributed by atoms with Gasteiger partial charge in [0.2, 0.25) is 0 Å². The van der Waals surface area contributed by atoms with Gasteiger partial charge in [-0.2, -0.15) is 0 Å². The Morgan fingerprint density at radius 1 is 0.771 bits per heavy atom. The number of nitrogens with zero attached hydrogens (tertiary/aromatic N) is 1. The fourth-order valence-electron chi connectivity index (χ4n) is 5.44. The summed E-state index contributed by atoms with van der Waals surface area (Å²) >= 11 is 0.952. The van der Waals surface area contributed by atoms with E-state index >= 15 is 0 Å². The summed E-state index contributed by atoms with van der Waals surface area (Å²) in [6.07, 6.45) is 15.8. The molecule has 0 radical (unpaired) electrons. The predicted molar refractivity (Wildman–Crippen MR) is 181 cm³/mol. The Morgan fingerprint density at radius 2 is 1.31 bits per heavy atom. The third-order valence-electron chi connectivity index (χ3n) is 7.64. The van der Waals surface area contributed by atoms with E-state index in [9.17, 15) is 24.0 Å². The zero-order valence-corrected chi connectivity index (χ0v) is 30.0. The lowest BCUT2D eigenvalue weighted by Crippen LogP contribution is -2.61. The monoisotopic (exact) mass is 694 g/mol. The van der Waals surface area contributed by atoms with Gasteiger partial charge in [0.15, 0.2) is 28.9 Å². The first-order valence-electron chi connectivity index (χ1n) is 17.2. The number of H-pyrrole nitrogens is 1. The van der Waals surface area contributed by atoms with Crippen molar-refractivity contribution in [1.82, 2.24) is 9.97 Å². The molecule has 1 aromatic rings. The van der Waals surface area contributed by atoms with Crippen molar-refractivity contribution in [3.63, 3.8) is 0 Å². The molecule has 0 aliphatic carbocycles. The molecule has 1 aliphatic rings. The van der Waals surface area contributed by atoms with Gasteiger partial charge in [-0.3, -0.25) is 24.0 Å². The van der Waals surface area contributed by atoms with Crippen LogP contribution in [0.15, 0.2) is 28.2 Å². The Balaban J connectivity index is 1.99. The minimum absolute atomic E-state index is 0.200. The highest BCUT2D eigenvalue weighted by atomic mass is 32.2. The maximum Gasteiger partial charge on any atom is 0.303 e. The number of esters is 4. The molecule has 1 saturated heterocycles. The van der Waals surface area contributed by atoms with Gasteiger partial charge in [0, 0.05) is 39.5 Å². The van der Waals surface area contributed by atoms with Crippen LogP contribution in [0.3, 0.4) is 0 Å². The van der Waals surface area contributed by atoms with Gasteiger partial charge >= 0.3 is 23.9 Å². The molecular formula is C35H54N2O10S. The molecule has 0 spiro atoms. The summed E-state index contributed by atoms with van der Waals surface area (Å²) in [4.78, 5) is 67.6. The van der Waals surface area contributed by atoms with Crippen LogP contribution >= 0.6 is 11.8 Å². The highest BCUT2D eigenvalue weighted by Gasteiger charge is 2.52. The Hall–Kier alpha value is -3.19. The summed E-state index contributed by atoms with van der Waals surface area (Å²) in [5.41, 5.74) is -0.839. The van der Waals surface area contributed by atoms with Gasteiger partial charge in [0.1, 0.15) is 12.7 Å². The number of hydrogen-bond acceptors (Lipinski definition) is 12. The number of aryl methyl sites for hydroxylation is 1. The highest BCUT2D eigenvalue weighted by molar-refractivity contribution is 7.99. The lowest BCUT2D eigenvalue weighted by atomic mass is 9.99. The molecule has 0 unspecified atom stereocenters. The Labute approximate surface area is 288 Å². The summed E-state index contributed by atoms with van der Waals surface area (Å²) < 4.78 is 27.7. The molecule has 0 saturated carbocycles. The van der Waals surface area contributed by atoms with E-state index in [0.717, 1.165) is 64.1 Å². The third kappa shape index (κ3) is 16.8. The second kappa shape index (κ2) is 23.2. The van der Waals surface area contributed by atoms with Crippen molar-refractivity contribution < 1.29 is 42.9 Å². The van der Waals surface area contributed by atoms with E-state index in [2.05, 4.69) is 29.0 Å². The third-order valence-corrected chi connectivity index (χ3v) is 8.67. The molecule has 1 aromatic heterocycles. The maximum atomic E-state index is 12.6. The number of thioether (sulfide) groups is 1. The standard InChI is InChI=1S/C35H54N2O10S/c1-6-7-8-9-10-11-12-13-14-15-16-17-18-19-20-21-28-22-30(42)37-35(36-28)48-34-33(46-27(5)41)32(45-26(4)40)31(44-25(3)39)29(47-34)23-43-24(2)38/h13-14,22,29,31-34H,6-12,15-21,23H2,1-5H3,(H,36,37,42)/b14-13+/t29-,31-,32+,33-,34+/m1/s1. The molecule has 1 N–H and O–H groups in total. The number of aromatic nitrogens is 2. The quantitative estimate of drug-likeness (QED) is 0.0487. The van der Waals surface area contributed by atoms with Crippen LogP contribution in [0.2, 0.25) is 0 Å². The van der Waals surface area contributed by atoms with Crippen molar-refractivity contribution in [1.29, 1.82) is 0 Å². The Bertz CT molecular complexity index is 1240. The van der Waals surface area contributed by atoms with Gasteiger partial charge < -0.3 is 28.7 Å². The lowest BCUT2D eigenvalue weighted by molar-refractivity contribution is -0.237. The fourth-order valence-corrected chi connectivity index (χ4v) is 6.53. The molecule has 12 nitrogen and oxygen atoms in total. The summed E-state index contributed by atoms with van der Waals surface area (Å²) in [5.74, 6) is -2.74. The van der Waals surface area contributed by atoms with Crippen LogP contribution in [-0.4, -0.2) is 70.3 Å². The molecule has 0 aromatic carbocycles. The van der Waals surface area contributed by atoms with Gasteiger partial charge in [-0.25, -0.2) is 4.98 Å². The maximum absolute atomic E-state index is 12.6. The first kappa shape index (κ1) is 41.0. The number of carbonyl (C=O) groups excluding carboxylic acids is 4. The number of hydrogen-bond donors (Lipinski definition) is 1. The summed E-state index contributed by atoms with van der Waals surface area (Å²) in [6, 6.07) is 1.45. The molecule has 0 amide bonds. The van der Waals surface area contributed by atoms with E-state index in [4.69, 9.17) is 23.7 Å². The number of carbonyl (C=O) groups is 4. The van der Waals surface area contributed by atoms with E-state index < -0.39 is 53.7 Å². The van der Waals surface area contributed by atoms with Crippen LogP contribution in [0.1, 0.15) is 124 Å². The minimum atomic E-state index is -1.30. The van der Waals surface area contributed by atoms with Gasteiger partial charge in [0.05, 0.1) is 0 Å². The molecule has 0 bridgehead atoms. The highest BCUT2D eigenvalue weighted by Crippen LogP contribution is 2.36. The van der Waals surface area contributed by atoms with Crippen molar-refractivity contribution in [3.05, 3.63) is 34.3 Å². The van der Waals surface area contributed by atoms with Gasteiger partial charge in [-0.1, -0.05) is 82.2 Å². The van der Waals surface area contributed by atoms with E-state index in [1.807, 2.05) is 0 Å². The minimum Gasteiger partial charge on any atom is -0.463 e. The largest absolute Gasteiger partial charge is 0.463 e. The fraction of sp³-hybridized carbons (Fsp3) is 0.714. The summed E-state index contributed by atoms with van der Waals surface area (Å²) in [7, 11) is 0. The normalized spacial score (nSPS) is 20.7. The van der Waals surface area contributed by atoms with E-state index in [1.165, 1.54) is 64.9 Å². The molecule has 5 atom stereocenters. The zero-order valence-electron chi connectivity index (χ0n) is 29.2. The summed E-state index contributed by atoms with van der Waals surface area (Å²) in [5, 5.41) is 0.200. The van der Waals surface area contributed by atoms with Crippen molar-refractivity contribution in [2.24, 2.45) is 0 Å². The number of allylic oxidation sites excluding steroid dienone is 2. The Morgan fingerprint density at radius 3 is 1.90 bits per heavy atom. The first-order chi connectivity index (χ1) is 23.0. The van der Waals surface area contributed by atoms with Gasteiger partial charge in [-0.15, -0.1) is 0 Å². The van der Waals surface area contributed by atoms with Crippen LogP contribution in [-0.2, 0) is 49.3 Å². The lowest BCUT2D eigenvalue weighted by Gasteiger charge is -2.43. The SMILES string of the molecule is CCCCCCCC/C=C/CCCCCCCc1cc(=O)[nH]c(S[C@@H]2O[C@H](COC(C)=O)[C@@H](OC(C)=O)[C@H](OC(C)=O)[C@H]2OC(C)=O)n1. The summed E-state index contributed by atoms with van der Waals surface area (Å²) in [6.45, 7) is 6.60. The molecule has 13 heteroatoms. The van der Waals surface area contributed by atoms with E-state index in [-0.39, 0.29) is 17.3 Å². The Kier molecular flexibility index (Phi) is 19.8. The van der Waals surface area contributed by atoms with Crippen LogP contribution < -0.4 is 5.56 Å². The molecule has 270 valence electrons. The van der Waals surface area contributed by atoms with Gasteiger partial charge in [0.25, 0.3) is 5.56 Å². The van der Waals surface area contributed by atoms with Crippen molar-refractivity contribution in [2.45, 2.75) is 160 Å².